The van der Waals surface area contributed by atoms with E-state index in [1.807, 2.05) is 0 Å². The highest BCUT2D eigenvalue weighted by Crippen LogP contribution is 2.09. The molecule has 0 aliphatic heterocycles. The zero-order chi connectivity index (χ0) is 9.23. The summed E-state index contributed by atoms with van der Waals surface area (Å²) < 4.78 is 0. The molecule has 2 heteroatoms. The lowest BCUT2D eigenvalue weighted by molar-refractivity contribution is 0.437. The van der Waals surface area contributed by atoms with Gasteiger partial charge in [-0.3, -0.25) is 0 Å². The van der Waals surface area contributed by atoms with Crippen molar-refractivity contribution in [3.8, 4) is 0 Å². The molecule has 0 amide bonds. The molecule has 0 aromatic heterocycles. The van der Waals surface area contributed by atoms with E-state index in [9.17, 15) is 4.80 Å². The molecule has 0 heterocycles. The van der Waals surface area contributed by atoms with Gasteiger partial charge >= 0.3 is 0 Å². The third-order valence-corrected chi connectivity index (χ3v) is 4.36. The third kappa shape index (κ3) is 8.28. The zero-order valence-corrected chi connectivity index (χ0v) is 9.80. The second kappa shape index (κ2) is 9.27. The van der Waals surface area contributed by atoms with Crippen LogP contribution in [-0.2, 0) is 4.80 Å². The molecular formula is C10H23OSi. The van der Waals surface area contributed by atoms with Crippen LogP contribution in [0.3, 0.4) is 0 Å². The summed E-state index contributed by atoms with van der Waals surface area (Å²) >= 11 is 0. The fourth-order valence-electron chi connectivity index (χ4n) is 1.39. The minimum atomic E-state index is -1.52. The van der Waals surface area contributed by atoms with E-state index in [0.717, 1.165) is 12.1 Å². The molecule has 0 atom stereocenters. The van der Waals surface area contributed by atoms with E-state index >= 15 is 0 Å². The van der Waals surface area contributed by atoms with Gasteiger partial charge in [-0.05, 0) is 12.1 Å². The van der Waals surface area contributed by atoms with Crippen molar-refractivity contribution < 1.29 is 4.80 Å². The van der Waals surface area contributed by atoms with Gasteiger partial charge in [-0.1, -0.05) is 52.4 Å². The summed E-state index contributed by atoms with van der Waals surface area (Å²) in [4.78, 5) is 11.4. The van der Waals surface area contributed by atoms with E-state index in [2.05, 4.69) is 13.8 Å². The van der Waals surface area contributed by atoms with Crippen LogP contribution in [0.25, 0.3) is 0 Å². The summed E-state index contributed by atoms with van der Waals surface area (Å²) in [7, 11) is -1.52. The van der Waals surface area contributed by atoms with Gasteiger partial charge in [0.2, 0.25) is 9.04 Å². The summed E-state index contributed by atoms with van der Waals surface area (Å²) in [6, 6.07) is 2.08. The summed E-state index contributed by atoms with van der Waals surface area (Å²) in [5.41, 5.74) is 0. The van der Waals surface area contributed by atoms with Crippen LogP contribution in [0.2, 0.25) is 12.1 Å². The SMILES string of the molecule is CCCCC[SiH]([O])CCCCC. The van der Waals surface area contributed by atoms with Gasteiger partial charge in [-0.15, -0.1) is 0 Å². The van der Waals surface area contributed by atoms with Crippen molar-refractivity contribution >= 4 is 9.04 Å². The van der Waals surface area contributed by atoms with Crippen molar-refractivity contribution in [2.24, 2.45) is 0 Å². The standard InChI is InChI=1S/C10H23OSi/c1-3-5-7-9-12(11)10-8-6-4-2/h12H,3-10H2,1-2H3. The van der Waals surface area contributed by atoms with E-state index in [0.29, 0.717) is 0 Å². The van der Waals surface area contributed by atoms with E-state index in [1.54, 1.807) is 0 Å². The van der Waals surface area contributed by atoms with Crippen LogP contribution in [0.1, 0.15) is 52.4 Å². The maximum Gasteiger partial charge on any atom is 0.222 e. The van der Waals surface area contributed by atoms with Gasteiger partial charge < -0.3 is 4.80 Å². The first kappa shape index (κ1) is 12.2. The van der Waals surface area contributed by atoms with Gasteiger partial charge in [0.15, 0.2) is 0 Å². The molecule has 0 aromatic carbocycles. The monoisotopic (exact) mass is 187 g/mol. The summed E-state index contributed by atoms with van der Waals surface area (Å²) in [5, 5.41) is 0. The van der Waals surface area contributed by atoms with Gasteiger partial charge in [0.05, 0.1) is 0 Å². The van der Waals surface area contributed by atoms with Crippen molar-refractivity contribution in [3.63, 3.8) is 0 Å². The molecule has 12 heavy (non-hydrogen) atoms. The molecule has 0 rings (SSSR count). The van der Waals surface area contributed by atoms with Gasteiger partial charge in [0.1, 0.15) is 0 Å². The fourth-order valence-corrected chi connectivity index (χ4v) is 3.17. The van der Waals surface area contributed by atoms with Crippen LogP contribution in [0.15, 0.2) is 0 Å². The largest absolute Gasteiger partial charge is 0.302 e. The molecule has 1 nitrogen and oxygen atoms in total. The Kier molecular flexibility index (Phi) is 9.40. The smallest absolute Gasteiger partial charge is 0.222 e. The molecule has 0 saturated heterocycles. The van der Waals surface area contributed by atoms with Crippen molar-refractivity contribution in [1.82, 2.24) is 0 Å². The topological polar surface area (TPSA) is 19.9 Å². The predicted molar refractivity (Wildman–Crippen MR) is 56.5 cm³/mol. The van der Waals surface area contributed by atoms with Crippen LogP contribution in [0.5, 0.6) is 0 Å². The second-order valence-corrected chi connectivity index (χ2v) is 6.01. The molecule has 0 spiro atoms. The molecular weight excluding hydrogens is 164 g/mol. The van der Waals surface area contributed by atoms with Crippen molar-refractivity contribution in [2.75, 3.05) is 0 Å². The van der Waals surface area contributed by atoms with Gasteiger partial charge in [0, 0.05) is 0 Å². The Morgan fingerprint density at radius 2 is 1.25 bits per heavy atom. The Morgan fingerprint density at radius 3 is 1.58 bits per heavy atom. The third-order valence-electron chi connectivity index (χ3n) is 2.26. The van der Waals surface area contributed by atoms with Crippen molar-refractivity contribution in [3.05, 3.63) is 0 Å². The quantitative estimate of drug-likeness (QED) is 0.409. The van der Waals surface area contributed by atoms with Gasteiger partial charge in [-0.25, -0.2) is 0 Å². The Labute approximate surface area is 78.9 Å². The number of hydrogen-bond donors (Lipinski definition) is 0. The Balaban J connectivity index is 3.04. The lowest BCUT2D eigenvalue weighted by Crippen LogP contribution is -2.08. The molecule has 0 bridgehead atoms. The van der Waals surface area contributed by atoms with Crippen LogP contribution in [0, 0.1) is 0 Å². The van der Waals surface area contributed by atoms with E-state index < -0.39 is 9.04 Å². The first-order chi connectivity index (χ1) is 5.81. The van der Waals surface area contributed by atoms with Gasteiger partial charge in [0.25, 0.3) is 0 Å². The number of unbranched alkanes of at least 4 members (excludes halogenated alkanes) is 4. The molecule has 0 aromatic rings. The molecule has 0 saturated carbocycles. The summed E-state index contributed by atoms with van der Waals surface area (Å²) in [6.07, 6.45) is 7.41. The van der Waals surface area contributed by atoms with Crippen LogP contribution in [0.4, 0.5) is 0 Å². The molecule has 0 aliphatic rings. The van der Waals surface area contributed by atoms with Crippen LogP contribution < -0.4 is 0 Å². The predicted octanol–water partition coefficient (Wildman–Crippen LogP) is 3.52. The summed E-state index contributed by atoms with van der Waals surface area (Å²) in [5.74, 6) is 0. The van der Waals surface area contributed by atoms with E-state index in [-0.39, 0.29) is 0 Å². The fraction of sp³-hybridized carbons (Fsp3) is 1.00. The minimum absolute atomic E-state index is 1.04. The Hall–Kier alpha value is 0.177. The minimum Gasteiger partial charge on any atom is -0.302 e. The van der Waals surface area contributed by atoms with E-state index in [4.69, 9.17) is 0 Å². The molecule has 0 unspecified atom stereocenters. The summed E-state index contributed by atoms with van der Waals surface area (Å²) in [6.45, 7) is 4.39. The first-order valence-corrected chi connectivity index (χ1v) is 7.57. The molecule has 73 valence electrons. The molecule has 1 radical (unpaired) electrons. The first-order valence-electron chi connectivity index (χ1n) is 5.47. The normalized spacial score (nSPS) is 11.0. The van der Waals surface area contributed by atoms with Crippen LogP contribution >= 0.6 is 0 Å². The molecule has 0 fully saturated rings. The molecule has 0 N–H and O–H groups in total. The number of rotatable bonds is 8. The average molecular weight is 187 g/mol. The van der Waals surface area contributed by atoms with Crippen molar-refractivity contribution in [2.45, 2.75) is 64.5 Å². The molecule has 0 aliphatic carbocycles. The van der Waals surface area contributed by atoms with Crippen LogP contribution in [-0.4, -0.2) is 9.04 Å². The average Bonchev–Trinajstić information content (AvgIpc) is 2.06. The van der Waals surface area contributed by atoms with Crippen molar-refractivity contribution in [1.29, 1.82) is 0 Å². The number of hydrogen-bond acceptors (Lipinski definition) is 0. The maximum absolute atomic E-state index is 11.4. The highest BCUT2D eigenvalue weighted by Gasteiger charge is 2.07. The van der Waals surface area contributed by atoms with Gasteiger partial charge in [-0.2, -0.15) is 0 Å². The second-order valence-electron chi connectivity index (χ2n) is 3.61. The maximum atomic E-state index is 11.4. The Morgan fingerprint density at radius 1 is 0.833 bits per heavy atom. The highest BCUT2D eigenvalue weighted by atomic mass is 28.3. The zero-order valence-electron chi connectivity index (χ0n) is 8.64. The lowest BCUT2D eigenvalue weighted by atomic mass is 10.3. The lowest BCUT2D eigenvalue weighted by Gasteiger charge is -2.04. The highest BCUT2D eigenvalue weighted by molar-refractivity contribution is 6.49. The van der Waals surface area contributed by atoms with E-state index in [1.165, 1.54) is 38.5 Å². The Bertz CT molecular complexity index is 75.9.